The highest BCUT2D eigenvalue weighted by molar-refractivity contribution is 6.42. The lowest BCUT2D eigenvalue weighted by Gasteiger charge is -2.36. The normalized spacial score (nSPS) is 24.3. The van der Waals surface area contributed by atoms with Gasteiger partial charge in [0.25, 0.3) is 5.91 Å². The van der Waals surface area contributed by atoms with Crippen LogP contribution in [0.1, 0.15) is 39.0 Å². The average molecular weight is 538 g/mol. The molecule has 3 fully saturated rings. The Labute approximate surface area is 221 Å². The van der Waals surface area contributed by atoms with E-state index in [0.717, 1.165) is 25.7 Å². The molecular formula is C26H34Cl2FN5O2. The molecule has 196 valence electrons. The van der Waals surface area contributed by atoms with Crippen molar-refractivity contribution >= 4 is 40.6 Å². The van der Waals surface area contributed by atoms with Gasteiger partial charge in [0.05, 0.1) is 16.7 Å². The monoisotopic (exact) mass is 537 g/mol. The van der Waals surface area contributed by atoms with Gasteiger partial charge >= 0.3 is 0 Å². The van der Waals surface area contributed by atoms with Crippen molar-refractivity contribution in [1.82, 2.24) is 10.2 Å². The van der Waals surface area contributed by atoms with Crippen LogP contribution in [0, 0.1) is 5.92 Å². The van der Waals surface area contributed by atoms with Gasteiger partial charge in [-0.3, -0.25) is 4.79 Å². The van der Waals surface area contributed by atoms with E-state index >= 15 is 0 Å². The number of allylic oxidation sites excluding steroid dienone is 1. The highest BCUT2D eigenvalue weighted by Gasteiger charge is 2.32. The predicted molar refractivity (Wildman–Crippen MR) is 143 cm³/mol. The molecule has 1 amide bonds. The number of amidine groups is 1. The van der Waals surface area contributed by atoms with Gasteiger partial charge in [0.15, 0.2) is 0 Å². The fraction of sp³-hybridized carbons (Fsp3) is 0.538. The number of hydrogen-bond donors (Lipinski definition) is 3. The Morgan fingerprint density at radius 3 is 2.56 bits per heavy atom. The molecule has 0 unspecified atom stereocenters. The smallest absolute Gasteiger partial charge is 0.272 e. The van der Waals surface area contributed by atoms with Crippen LogP contribution in [0.25, 0.3) is 0 Å². The molecule has 10 heteroatoms. The number of amides is 1. The zero-order valence-electron chi connectivity index (χ0n) is 20.5. The minimum Gasteiger partial charge on any atom is -0.387 e. The summed E-state index contributed by atoms with van der Waals surface area (Å²) in [6, 6.07) is 5.15. The number of alkyl halides is 1. The molecule has 1 aliphatic carbocycles. The zero-order valence-corrected chi connectivity index (χ0v) is 22.0. The van der Waals surface area contributed by atoms with Crippen LogP contribution in [-0.2, 0) is 9.53 Å². The number of rotatable bonds is 8. The summed E-state index contributed by atoms with van der Waals surface area (Å²) in [5, 5.41) is 7.49. The van der Waals surface area contributed by atoms with E-state index in [9.17, 15) is 9.18 Å². The van der Waals surface area contributed by atoms with Gasteiger partial charge in [0.2, 0.25) is 0 Å². The molecule has 1 aromatic carbocycles. The number of carbonyl (C=O) groups is 1. The summed E-state index contributed by atoms with van der Waals surface area (Å²) < 4.78 is 19.4. The molecule has 2 atom stereocenters. The standard InChI is InChI=1S/C26H34Cl2FN5O2/c1-15(16(2)31-19-5-6-20(27)21(28)13-19)24(33-25(30)17-3-4-17)26(35)34-10-7-18(8-11-34)32-23-9-12-36-14-22(23)29/h5-6,13,17-18,22-23,31-32H,2-4,7-12,14H2,1H3,(H2,30,33)/b24-15-/t22-,23+/m1/s1. The van der Waals surface area contributed by atoms with Crippen molar-refractivity contribution in [1.29, 1.82) is 0 Å². The van der Waals surface area contributed by atoms with Crippen LogP contribution >= 0.6 is 23.2 Å². The third-order valence-electron chi connectivity index (χ3n) is 6.98. The summed E-state index contributed by atoms with van der Waals surface area (Å²) in [6.07, 6.45) is 3.12. The molecule has 1 saturated carbocycles. The Morgan fingerprint density at radius 1 is 1.19 bits per heavy atom. The number of aliphatic imine (C=N–C) groups is 1. The van der Waals surface area contributed by atoms with E-state index in [1.807, 2.05) is 6.92 Å². The number of ether oxygens (including phenoxy) is 1. The topological polar surface area (TPSA) is 92.0 Å². The summed E-state index contributed by atoms with van der Waals surface area (Å²) in [4.78, 5) is 20.0. The highest BCUT2D eigenvalue weighted by Crippen LogP contribution is 2.31. The molecule has 1 aromatic rings. The summed E-state index contributed by atoms with van der Waals surface area (Å²) >= 11 is 12.2. The number of benzene rings is 1. The Bertz CT molecular complexity index is 1050. The third kappa shape index (κ3) is 6.79. The maximum atomic E-state index is 14.2. The fourth-order valence-electron chi connectivity index (χ4n) is 4.47. The van der Waals surface area contributed by atoms with Gasteiger partial charge in [-0.1, -0.05) is 29.8 Å². The quantitative estimate of drug-likeness (QED) is 0.194. The van der Waals surface area contributed by atoms with Crippen LogP contribution in [0.15, 0.2) is 46.7 Å². The molecule has 7 nitrogen and oxygen atoms in total. The van der Waals surface area contributed by atoms with E-state index in [1.54, 1.807) is 23.1 Å². The molecular weight excluding hydrogens is 504 g/mol. The average Bonchev–Trinajstić information content (AvgIpc) is 3.71. The molecule has 0 bridgehead atoms. The number of carbonyl (C=O) groups excluding carboxylic acids is 1. The van der Waals surface area contributed by atoms with Gasteiger partial charge in [0, 0.05) is 54.7 Å². The molecule has 0 radical (unpaired) electrons. The van der Waals surface area contributed by atoms with Gasteiger partial charge in [-0.25, -0.2) is 9.38 Å². The second-order valence-electron chi connectivity index (χ2n) is 9.74. The Kier molecular flexibility index (Phi) is 8.93. The Balaban J connectivity index is 1.45. The van der Waals surface area contributed by atoms with Gasteiger partial charge in [-0.2, -0.15) is 0 Å². The summed E-state index contributed by atoms with van der Waals surface area (Å²) in [7, 11) is 0. The van der Waals surface area contributed by atoms with Crippen molar-refractivity contribution < 1.29 is 13.9 Å². The van der Waals surface area contributed by atoms with Crippen LogP contribution < -0.4 is 16.4 Å². The molecule has 3 aliphatic rings. The molecule has 2 heterocycles. The first-order valence-electron chi connectivity index (χ1n) is 12.5. The van der Waals surface area contributed by atoms with Crippen molar-refractivity contribution in [2.24, 2.45) is 16.6 Å². The number of halogens is 3. The van der Waals surface area contributed by atoms with E-state index in [1.165, 1.54) is 0 Å². The second kappa shape index (κ2) is 11.9. The highest BCUT2D eigenvalue weighted by atomic mass is 35.5. The summed E-state index contributed by atoms with van der Waals surface area (Å²) in [5.74, 6) is 0.520. The van der Waals surface area contributed by atoms with Crippen LogP contribution in [0.4, 0.5) is 10.1 Å². The minimum atomic E-state index is -0.996. The minimum absolute atomic E-state index is 0.142. The number of likely N-dealkylation sites (tertiary alicyclic amines) is 1. The number of nitrogens with two attached hydrogens (primary N) is 1. The molecule has 4 N–H and O–H groups in total. The fourth-order valence-corrected chi connectivity index (χ4v) is 4.77. The van der Waals surface area contributed by atoms with Gasteiger partial charge in [-0.05, 0) is 57.2 Å². The van der Waals surface area contributed by atoms with Gasteiger partial charge in [0.1, 0.15) is 17.7 Å². The Hall–Kier alpha value is -2.13. The van der Waals surface area contributed by atoms with Gasteiger partial charge < -0.3 is 26.0 Å². The molecule has 2 saturated heterocycles. The van der Waals surface area contributed by atoms with Gasteiger partial charge in [-0.15, -0.1) is 0 Å². The van der Waals surface area contributed by atoms with Crippen molar-refractivity contribution in [2.45, 2.75) is 57.3 Å². The zero-order chi connectivity index (χ0) is 25.8. The molecule has 0 spiro atoms. The number of nitrogens with zero attached hydrogens (tertiary/aromatic N) is 2. The number of anilines is 1. The predicted octanol–water partition coefficient (Wildman–Crippen LogP) is 4.67. The molecule has 0 aromatic heterocycles. The van der Waals surface area contributed by atoms with E-state index < -0.39 is 6.17 Å². The number of piperidine rings is 1. The van der Waals surface area contributed by atoms with Crippen molar-refractivity contribution in [3.8, 4) is 0 Å². The van der Waals surface area contributed by atoms with Crippen molar-refractivity contribution in [3.05, 3.63) is 51.8 Å². The summed E-state index contributed by atoms with van der Waals surface area (Å²) in [5.41, 5.74) is 8.34. The SMILES string of the molecule is C=C(Nc1ccc(Cl)c(Cl)c1)/C(C)=C(\N=C(/N)C1CC1)C(=O)N1CCC(N[C@H]2CCOC[C@H]2F)CC1. The van der Waals surface area contributed by atoms with Crippen LogP contribution in [0.5, 0.6) is 0 Å². The lowest BCUT2D eigenvalue weighted by Crippen LogP contribution is -2.52. The largest absolute Gasteiger partial charge is 0.387 e. The first-order valence-corrected chi connectivity index (χ1v) is 13.2. The van der Waals surface area contributed by atoms with Crippen LogP contribution in [0.3, 0.4) is 0 Å². The maximum Gasteiger partial charge on any atom is 0.272 e. The molecule has 36 heavy (non-hydrogen) atoms. The molecule has 4 rings (SSSR count). The Morgan fingerprint density at radius 2 is 1.92 bits per heavy atom. The second-order valence-corrected chi connectivity index (χ2v) is 10.6. The van der Waals surface area contributed by atoms with E-state index in [0.29, 0.717) is 59.0 Å². The van der Waals surface area contributed by atoms with E-state index in [2.05, 4.69) is 22.2 Å². The summed E-state index contributed by atoms with van der Waals surface area (Å²) in [6.45, 7) is 7.75. The lowest BCUT2D eigenvalue weighted by atomic mass is 10.00. The third-order valence-corrected chi connectivity index (χ3v) is 7.72. The van der Waals surface area contributed by atoms with Crippen LogP contribution in [0.2, 0.25) is 10.0 Å². The maximum absolute atomic E-state index is 14.2. The lowest BCUT2D eigenvalue weighted by molar-refractivity contribution is -0.128. The van der Waals surface area contributed by atoms with Crippen molar-refractivity contribution in [2.75, 3.05) is 31.6 Å². The van der Waals surface area contributed by atoms with Crippen molar-refractivity contribution in [3.63, 3.8) is 0 Å². The van der Waals surface area contributed by atoms with Crippen LogP contribution in [-0.4, -0.2) is 61.2 Å². The number of hydrogen-bond acceptors (Lipinski definition) is 5. The van der Waals surface area contributed by atoms with E-state index in [-0.39, 0.29) is 36.2 Å². The number of nitrogens with one attached hydrogen (secondary N) is 2. The first-order chi connectivity index (χ1) is 17.2. The first kappa shape index (κ1) is 26.9. The molecule has 2 aliphatic heterocycles. The van der Waals surface area contributed by atoms with E-state index in [4.69, 9.17) is 33.7 Å².